The first-order valence-corrected chi connectivity index (χ1v) is 7.15. The van der Waals surface area contributed by atoms with Gasteiger partial charge in [-0.05, 0) is 6.07 Å². The van der Waals surface area contributed by atoms with Crippen molar-refractivity contribution < 1.29 is 4.39 Å². The second kappa shape index (κ2) is 5.98. The van der Waals surface area contributed by atoms with E-state index < -0.39 is 0 Å². The van der Waals surface area contributed by atoms with Gasteiger partial charge in [0.1, 0.15) is 22.6 Å². The summed E-state index contributed by atoms with van der Waals surface area (Å²) in [6, 6.07) is 8.41. The second-order valence-corrected chi connectivity index (χ2v) is 6.46. The molecule has 0 aliphatic heterocycles. The Hall–Kier alpha value is -1.68. The van der Waals surface area contributed by atoms with Gasteiger partial charge in [0.15, 0.2) is 0 Å². The van der Waals surface area contributed by atoms with E-state index >= 15 is 0 Å². The molecule has 112 valence electrons. The molecule has 1 aromatic heterocycles. The zero-order valence-electron chi connectivity index (χ0n) is 12.7. The molecule has 0 bridgehead atoms. The average molecular weight is 308 g/mol. The fraction of sp³-hybridized carbons (Fsp3) is 0.375. The highest BCUT2D eigenvalue weighted by Gasteiger charge is 2.20. The Morgan fingerprint density at radius 1 is 1.19 bits per heavy atom. The summed E-state index contributed by atoms with van der Waals surface area (Å²) in [6.45, 7) is 6.50. The van der Waals surface area contributed by atoms with Crippen molar-refractivity contribution in [1.82, 2.24) is 9.97 Å². The van der Waals surface area contributed by atoms with Gasteiger partial charge in [-0.25, -0.2) is 14.4 Å². The van der Waals surface area contributed by atoms with Gasteiger partial charge in [0.05, 0.1) is 0 Å². The smallest absolute Gasteiger partial charge is 0.137 e. The third-order valence-electron chi connectivity index (χ3n) is 3.11. The molecular formula is C16H19ClFN3. The first-order valence-electron chi connectivity index (χ1n) is 6.77. The largest absolute Gasteiger partial charge is 0.355 e. The summed E-state index contributed by atoms with van der Waals surface area (Å²) in [6.07, 6.45) is 0. The molecule has 0 fully saturated rings. The fourth-order valence-corrected chi connectivity index (χ4v) is 2.08. The van der Waals surface area contributed by atoms with Crippen LogP contribution in [0.3, 0.4) is 0 Å². The highest BCUT2D eigenvalue weighted by Crippen LogP contribution is 2.24. The molecule has 2 rings (SSSR count). The van der Waals surface area contributed by atoms with Crippen molar-refractivity contribution in [3.8, 4) is 0 Å². The molecule has 5 heteroatoms. The van der Waals surface area contributed by atoms with Gasteiger partial charge < -0.3 is 4.90 Å². The summed E-state index contributed by atoms with van der Waals surface area (Å²) in [5.74, 6) is 1.13. The van der Waals surface area contributed by atoms with Crippen molar-refractivity contribution in [1.29, 1.82) is 0 Å². The van der Waals surface area contributed by atoms with Crippen LogP contribution >= 0.6 is 11.6 Å². The van der Waals surface area contributed by atoms with Gasteiger partial charge in [0.2, 0.25) is 0 Å². The first kappa shape index (κ1) is 15.7. The minimum Gasteiger partial charge on any atom is -0.355 e. The second-order valence-electron chi connectivity index (χ2n) is 6.07. The Kier molecular flexibility index (Phi) is 4.47. The lowest BCUT2D eigenvalue weighted by Crippen LogP contribution is -2.22. The van der Waals surface area contributed by atoms with Crippen molar-refractivity contribution in [2.24, 2.45) is 0 Å². The van der Waals surface area contributed by atoms with Crippen molar-refractivity contribution >= 4 is 17.4 Å². The number of nitrogens with zero attached hydrogens (tertiary/aromatic N) is 3. The number of aromatic nitrogens is 2. The molecule has 0 spiro atoms. The zero-order valence-corrected chi connectivity index (χ0v) is 13.4. The maximum absolute atomic E-state index is 13.7. The van der Waals surface area contributed by atoms with Crippen LogP contribution < -0.4 is 4.90 Å². The summed E-state index contributed by atoms with van der Waals surface area (Å²) in [5, 5.41) is 0.394. The van der Waals surface area contributed by atoms with Crippen LogP contribution in [0, 0.1) is 5.82 Å². The third kappa shape index (κ3) is 3.91. The van der Waals surface area contributed by atoms with E-state index in [1.165, 1.54) is 6.07 Å². The van der Waals surface area contributed by atoms with Gasteiger partial charge in [-0.2, -0.15) is 0 Å². The standard InChI is InChI=1S/C16H19ClFN3/c1-16(2,3)15-19-13(17)9-14(20-15)21(4)10-11-7-5-6-8-12(11)18/h5-9H,10H2,1-4H3. The van der Waals surface area contributed by atoms with E-state index in [1.54, 1.807) is 18.2 Å². The lowest BCUT2D eigenvalue weighted by atomic mass is 9.96. The predicted octanol–water partition coefficient (Wildman–Crippen LogP) is 4.20. The van der Waals surface area contributed by atoms with Crippen molar-refractivity contribution in [2.75, 3.05) is 11.9 Å². The van der Waals surface area contributed by atoms with Gasteiger partial charge in [0.25, 0.3) is 0 Å². The van der Waals surface area contributed by atoms with E-state index in [0.717, 1.165) is 0 Å². The Morgan fingerprint density at radius 3 is 2.48 bits per heavy atom. The van der Waals surface area contributed by atoms with E-state index in [1.807, 2.05) is 38.8 Å². The van der Waals surface area contributed by atoms with Crippen LogP contribution in [0.2, 0.25) is 5.15 Å². The first-order chi connectivity index (χ1) is 9.77. The molecule has 21 heavy (non-hydrogen) atoms. The van der Waals surface area contributed by atoms with E-state index in [4.69, 9.17) is 11.6 Å². The van der Waals surface area contributed by atoms with E-state index in [9.17, 15) is 4.39 Å². The summed E-state index contributed by atoms with van der Waals surface area (Å²) in [4.78, 5) is 10.7. The predicted molar refractivity (Wildman–Crippen MR) is 84.2 cm³/mol. The zero-order chi connectivity index (χ0) is 15.6. The van der Waals surface area contributed by atoms with Crippen molar-refractivity contribution in [3.63, 3.8) is 0 Å². The Bertz CT molecular complexity index is 638. The molecule has 0 N–H and O–H groups in total. The average Bonchev–Trinajstić information content (AvgIpc) is 2.39. The quantitative estimate of drug-likeness (QED) is 0.796. The molecule has 0 aliphatic rings. The van der Waals surface area contributed by atoms with Crippen molar-refractivity contribution in [3.05, 3.63) is 52.7 Å². The van der Waals surface area contributed by atoms with E-state index in [-0.39, 0.29) is 11.2 Å². The molecule has 1 aromatic carbocycles. The molecule has 3 nitrogen and oxygen atoms in total. The van der Waals surface area contributed by atoms with Crippen LogP contribution in [-0.2, 0) is 12.0 Å². The minimum atomic E-state index is -0.222. The molecule has 0 amide bonds. The molecule has 0 aliphatic carbocycles. The molecular weight excluding hydrogens is 289 g/mol. The highest BCUT2D eigenvalue weighted by atomic mass is 35.5. The molecule has 1 heterocycles. The lowest BCUT2D eigenvalue weighted by Gasteiger charge is -2.22. The molecule has 0 unspecified atom stereocenters. The number of anilines is 1. The Labute approximate surface area is 129 Å². The number of benzene rings is 1. The van der Waals surface area contributed by atoms with E-state index in [0.29, 0.717) is 28.9 Å². The summed E-state index contributed by atoms with van der Waals surface area (Å²) in [7, 11) is 1.86. The van der Waals surface area contributed by atoms with Crippen LogP contribution in [0.1, 0.15) is 32.2 Å². The summed E-state index contributed by atoms with van der Waals surface area (Å²) >= 11 is 6.08. The molecule has 0 saturated heterocycles. The van der Waals surface area contributed by atoms with Crippen LogP contribution in [0.25, 0.3) is 0 Å². The van der Waals surface area contributed by atoms with Crippen LogP contribution in [0.15, 0.2) is 30.3 Å². The number of rotatable bonds is 3. The topological polar surface area (TPSA) is 29.0 Å². The minimum absolute atomic E-state index is 0.196. The number of hydrogen-bond acceptors (Lipinski definition) is 3. The number of halogens is 2. The third-order valence-corrected chi connectivity index (χ3v) is 3.30. The Balaban J connectivity index is 2.29. The maximum Gasteiger partial charge on any atom is 0.137 e. The van der Waals surface area contributed by atoms with Gasteiger partial charge in [-0.3, -0.25) is 0 Å². The maximum atomic E-state index is 13.7. The Morgan fingerprint density at radius 2 is 1.86 bits per heavy atom. The molecule has 0 atom stereocenters. The fourth-order valence-electron chi connectivity index (χ4n) is 1.90. The number of hydrogen-bond donors (Lipinski definition) is 0. The summed E-state index contributed by atoms with van der Waals surface area (Å²) in [5.41, 5.74) is 0.422. The molecule has 0 radical (unpaired) electrons. The van der Waals surface area contributed by atoms with Crippen molar-refractivity contribution in [2.45, 2.75) is 32.7 Å². The molecule has 0 saturated carbocycles. The van der Waals surface area contributed by atoms with Crippen LogP contribution in [0.5, 0.6) is 0 Å². The monoisotopic (exact) mass is 307 g/mol. The van der Waals surface area contributed by atoms with Gasteiger partial charge in [0, 0.05) is 30.6 Å². The lowest BCUT2D eigenvalue weighted by molar-refractivity contribution is 0.544. The van der Waals surface area contributed by atoms with Gasteiger partial charge in [-0.1, -0.05) is 50.6 Å². The van der Waals surface area contributed by atoms with E-state index in [2.05, 4.69) is 9.97 Å². The van der Waals surface area contributed by atoms with Crippen LogP contribution in [-0.4, -0.2) is 17.0 Å². The highest BCUT2D eigenvalue weighted by molar-refractivity contribution is 6.29. The molecule has 2 aromatic rings. The van der Waals surface area contributed by atoms with Crippen LogP contribution in [0.4, 0.5) is 10.2 Å². The van der Waals surface area contributed by atoms with Gasteiger partial charge >= 0.3 is 0 Å². The SMILES string of the molecule is CN(Cc1ccccc1F)c1cc(Cl)nc(C(C)(C)C)n1. The van der Waals surface area contributed by atoms with Gasteiger partial charge in [-0.15, -0.1) is 0 Å². The summed E-state index contributed by atoms with van der Waals surface area (Å²) < 4.78 is 13.7. The normalized spacial score (nSPS) is 11.5.